The van der Waals surface area contributed by atoms with Gasteiger partial charge in [0.2, 0.25) is 0 Å². The Balaban J connectivity index is 1.96. The number of rotatable bonds is 4. The molecule has 0 bridgehead atoms. The van der Waals surface area contributed by atoms with Crippen molar-refractivity contribution in [1.29, 1.82) is 0 Å². The molecule has 1 aliphatic heterocycles. The van der Waals surface area contributed by atoms with Crippen molar-refractivity contribution in [3.8, 4) is 0 Å². The third-order valence-electron chi connectivity index (χ3n) is 3.10. The molecule has 88 valence electrons. The minimum Gasteiger partial charge on any atom is -0.481 e. The molecule has 0 spiro atoms. The second kappa shape index (κ2) is 5.46. The average Bonchev–Trinajstić information content (AvgIpc) is 2.73. The van der Waals surface area contributed by atoms with Crippen LogP contribution in [0.1, 0.15) is 30.6 Å². The molecule has 0 radical (unpaired) electrons. The van der Waals surface area contributed by atoms with Crippen molar-refractivity contribution in [2.75, 3.05) is 6.54 Å². The Labute approximate surface area is 99.7 Å². The van der Waals surface area contributed by atoms with Crippen molar-refractivity contribution in [3.63, 3.8) is 0 Å². The number of piperidine rings is 1. The van der Waals surface area contributed by atoms with Crippen LogP contribution in [0.3, 0.4) is 0 Å². The number of nitrogens with zero attached hydrogens (tertiary/aromatic N) is 1. The van der Waals surface area contributed by atoms with Crippen LogP contribution in [0.4, 0.5) is 0 Å². The van der Waals surface area contributed by atoms with E-state index in [1.807, 2.05) is 0 Å². The van der Waals surface area contributed by atoms with E-state index in [1.54, 1.807) is 11.3 Å². The van der Waals surface area contributed by atoms with Gasteiger partial charge in [-0.2, -0.15) is 0 Å². The molecule has 1 aromatic rings. The zero-order chi connectivity index (χ0) is 11.4. The van der Waals surface area contributed by atoms with E-state index in [-0.39, 0.29) is 12.5 Å². The van der Waals surface area contributed by atoms with Gasteiger partial charge in [-0.3, -0.25) is 9.69 Å². The predicted molar refractivity (Wildman–Crippen MR) is 64.6 cm³/mol. The van der Waals surface area contributed by atoms with Crippen molar-refractivity contribution in [2.24, 2.45) is 0 Å². The Morgan fingerprint density at radius 3 is 3.12 bits per heavy atom. The lowest BCUT2D eigenvalue weighted by atomic mass is 9.99. The summed E-state index contributed by atoms with van der Waals surface area (Å²) in [6.45, 7) is 1.95. The van der Waals surface area contributed by atoms with Crippen LogP contribution in [0.5, 0.6) is 0 Å². The number of hydrogen-bond acceptors (Lipinski definition) is 3. The average molecular weight is 239 g/mol. The minimum atomic E-state index is -0.678. The van der Waals surface area contributed by atoms with Gasteiger partial charge in [0.05, 0.1) is 6.42 Å². The minimum absolute atomic E-state index is 0.230. The number of likely N-dealkylation sites (tertiary alicyclic amines) is 1. The fourth-order valence-corrected chi connectivity index (χ4v) is 3.03. The van der Waals surface area contributed by atoms with Crippen molar-refractivity contribution < 1.29 is 9.90 Å². The highest BCUT2D eigenvalue weighted by Gasteiger charge is 2.24. The van der Waals surface area contributed by atoms with Gasteiger partial charge in [0.25, 0.3) is 0 Å². The molecule has 1 N–H and O–H groups in total. The van der Waals surface area contributed by atoms with Gasteiger partial charge in [-0.05, 0) is 30.8 Å². The van der Waals surface area contributed by atoms with Crippen LogP contribution in [0.25, 0.3) is 0 Å². The van der Waals surface area contributed by atoms with Crippen molar-refractivity contribution in [2.45, 2.75) is 38.3 Å². The molecule has 1 aromatic heterocycles. The third-order valence-corrected chi connectivity index (χ3v) is 3.96. The van der Waals surface area contributed by atoms with Crippen LogP contribution in [0, 0.1) is 0 Å². The molecule has 0 saturated carbocycles. The Hall–Kier alpha value is -0.870. The zero-order valence-electron chi connectivity index (χ0n) is 9.26. The fraction of sp³-hybridized carbons (Fsp3) is 0.583. The summed E-state index contributed by atoms with van der Waals surface area (Å²) in [6.07, 6.45) is 3.67. The molecule has 1 unspecified atom stereocenters. The number of carboxylic acids is 1. The highest BCUT2D eigenvalue weighted by atomic mass is 32.1. The molecule has 0 amide bonds. The summed E-state index contributed by atoms with van der Waals surface area (Å²) in [6, 6.07) is 4.40. The molecule has 2 heterocycles. The maximum Gasteiger partial charge on any atom is 0.304 e. The standard InChI is InChI=1S/C12H17NO2S/c14-12(15)8-10-4-1-2-6-13(10)9-11-5-3-7-16-11/h3,5,7,10H,1-2,4,6,8-9H2,(H,14,15). The molecule has 16 heavy (non-hydrogen) atoms. The van der Waals surface area contributed by atoms with E-state index in [0.717, 1.165) is 19.5 Å². The summed E-state index contributed by atoms with van der Waals surface area (Å²) >= 11 is 1.75. The second-order valence-corrected chi connectivity index (χ2v) is 5.33. The van der Waals surface area contributed by atoms with Gasteiger partial charge in [0, 0.05) is 17.5 Å². The van der Waals surface area contributed by atoms with E-state index in [4.69, 9.17) is 5.11 Å². The molecular weight excluding hydrogens is 222 g/mol. The molecule has 0 aliphatic carbocycles. The summed E-state index contributed by atoms with van der Waals surface area (Å²) in [5.41, 5.74) is 0. The van der Waals surface area contributed by atoms with Crippen LogP contribution in [0.15, 0.2) is 17.5 Å². The quantitative estimate of drug-likeness (QED) is 0.878. The number of hydrogen-bond donors (Lipinski definition) is 1. The van der Waals surface area contributed by atoms with E-state index >= 15 is 0 Å². The maximum absolute atomic E-state index is 10.8. The summed E-state index contributed by atoms with van der Waals surface area (Å²) in [5.74, 6) is -0.678. The van der Waals surface area contributed by atoms with Crippen LogP contribution >= 0.6 is 11.3 Å². The Kier molecular flexibility index (Phi) is 3.96. The van der Waals surface area contributed by atoms with Gasteiger partial charge in [-0.25, -0.2) is 0 Å². The fourth-order valence-electron chi connectivity index (χ4n) is 2.30. The van der Waals surface area contributed by atoms with E-state index in [1.165, 1.54) is 17.7 Å². The van der Waals surface area contributed by atoms with Crippen molar-refractivity contribution in [3.05, 3.63) is 22.4 Å². The third kappa shape index (κ3) is 3.06. The van der Waals surface area contributed by atoms with E-state index < -0.39 is 5.97 Å². The van der Waals surface area contributed by atoms with E-state index in [2.05, 4.69) is 22.4 Å². The van der Waals surface area contributed by atoms with E-state index in [0.29, 0.717) is 0 Å². The van der Waals surface area contributed by atoms with Gasteiger partial charge in [0.1, 0.15) is 0 Å². The maximum atomic E-state index is 10.8. The molecule has 3 nitrogen and oxygen atoms in total. The Morgan fingerprint density at radius 1 is 1.56 bits per heavy atom. The monoisotopic (exact) mass is 239 g/mol. The summed E-state index contributed by atoms with van der Waals surface area (Å²) < 4.78 is 0. The van der Waals surface area contributed by atoms with Gasteiger partial charge in [-0.15, -0.1) is 11.3 Å². The van der Waals surface area contributed by atoms with Crippen molar-refractivity contribution >= 4 is 17.3 Å². The van der Waals surface area contributed by atoms with Crippen LogP contribution < -0.4 is 0 Å². The lowest BCUT2D eigenvalue weighted by molar-refractivity contribution is -0.138. The predicted octanol–water partition coefficient (Wildman–Crippen LogP) is 2.58. The summed E-state index contributed by atoms with van der Waals surface area (Å²) in [7, 11) is 0. The second-order valence-electron chi connectivity index (χ2n) is 4.30. The molecule has 1 saturated heterocycles. The Morgan fingerprint density at radius 2 is 2.44 bits per heavy atom. The molecular formula is C12H17NO2S. The molecule has 1 fully saturated rings. The van der Waals surface area contributed by atoms with Gasteiger partial charge in [-0.1, -0.05) is 12.5 Å². The lowest BCUT2D eigenvalue weighted by Crippen LogP contribution is -2.40. The first kappa shape index (κ1) is 11.6. The highest BCUT2D eigenvalue weighted by Crippen LogP contribution is 2.23. The van der Waals surface area contributed by atoms with Gasteiger partial charge < -0.3 is 5.11 Å². The zero-order valence-corrected chi connectivity index (χ0v) is 10.1. The molecule has 4 heteroatoms. The van der Waals surface area contributed by atoms with E-state index in [9.17, 15) is 4.79 Å². The van der Waals surface area contributed by atoms with Crippen LogP contribution in [-0.4, -0.2) is 28.6 Å². The van der Waals surface area contributed by atoms with Crippen LogP contribution in [0.2, 0.25) is 0 Å². The molecule has 1 atom stereocenters. The molecule has 1 aliphatic rings. The first-order valence-corrected chi connectivity index (χ1v) is 6.62. The molecule has 0 aromatic carbocycles. The lowest BCUT2D eigenvalue weighted by Gasteiger charge is -2.34. The first-order chi connectivity index (χ1) is 7.75. The van der Waals surface area contributed by atoms with Gasteiger partial charge >= 0.3 is 5.97 Å². The highest BCUT2D eigenvalue weighted by molar-refractivity contribution is 7.09. The first-order valence-electron chi connectivity index (χ1n) is 5.74. The number of thiophene rings is 1. The normalized spacial score (nSPS) is 22.1. The smallest absolute Gasteiger partial charge is 0.304 e. The number of carbonyl (C=O) groups is 1. The number of carboxylic acid groups (broad SMARTS) is 1. The van der Waals surface area contributed by atoms with Crippen molar-refractivity contribution in [1.82, 2.24) is 4.90 Å². The van der Waals surface area contributed by atoms with Crippen LogP contribution in [-0.2, 0) is 11.3 Å². The molecule has 2 rings (SSSR count). The summed E-state index contributed by atoms with van der Waals surface area (Å²) in [5, 5.41) is 11.0. The topological polar surface area (TPSA) is 40.5 Å². The largest absolute Gasteiger partial charge is 0.481 e. The summed E-state index contributed by atoms with van der Waals surface area (Å²) in [4.78, 5) is 14.4. The number of aliphatic carboxylic acids is 1. The Bertz CT molecular complexity index is 337. The van der Waals surface area contributed by atoms with Gasteiger partial charge in [0.15, 0.2) is 0 Å². The SMILES string of the molecule is O=C(O)CC1CCCCN1Cc1cccs1.